The zero-order valence-electron chi connectivity index (χ0n) is 12.6. The Labute approximate surface area is 120 Å². The Balaban J connectivity index is 1.94. The molecule has 0 aliphatic carbocycles. The summed E-state index contributed by atoms with van der Waals surface area (Å²) < 4.78 is 5.45. The van der Waals surface area contributed by atoms with Crippen molar-refractivity contribution in [3.05, 3.63) is 23.2 Å². The maximum atomic E-state index is 11.4. The number of furan rings is 1. The summed E-state index contributed by atoms with van der Waals surface area (Å²) in [6, 6.07) is 1.80. The van der Waals surface area contributed by atoms with E-state index in [1.165, 1.54) is 12.8 Å². The molecule has 112 valence electrons. The Morgan fingerprint density at radius 1 is 1.50 bits per heavy atom. The summed E-state index contributed by atoms with van der Waals surface area (Å²) in [5.41, 5.74) is 3.17. The first kappa shape index (κ1) is 15.1. The lowest BCUT2D eigenvalue weighted by atomic mass is 9.86. The van der Waals surface area contributed by atoms with Crippen molar-refractivity contribution >= 4 is 5.91 Å². The van der Waals surface area contributed by atoms with Crippen LogP contribution in [0.5, 0.6) is 0 Å². The molecule has 0 atom stereocenters. The fourth-order valence-corrected chi connectivity index (χ4v) is 2.88. The number of hydrazine groups is 1. The van der Waals surface area contributed by atoms with Crippen molar-refractivity contribution in [3.8, 4) is 0 Å². The highest BCUT2D eigenvalue weighted by Crippen LogP contribution is 2.26. The minimum absolute atomic E-state index is 0.289. The molecule has 1 aliphatic heterocycles. The van der Waals surface area contributed by atoms with Crippen LogP contribution in [-0.4, -0.2) is 23.9 Å². The Kier molecular flexibility index (Phi) is 4.83. The molecule has 0 aromatic carbocycles. The van der Waals surface area contributed by atoms with Gasteiger partial charge in [-0.15, -0.1) is 0 Å². The molecule has 1 amide bonds. The molecule has 1 aliphatic rings. The lowest BCUT2D eigenvalue weighted by Crippen LogP contribution is -2.34. The monoisotopic (exact) mass is 279 g/mol. The van der Waals surface area contributed by atoms with Crippen molar-refractivity contribution in [1.82, 2.24) is 10.3 Å². The van der Waals surface area contributed by atoms with Gasteiger partial charge >= 0.3 is 5.91 Å². The number of hydrogen-bond donors (Lipinski definition) is 2. The van der Waals surface area contributed by atoms with E-state index in [-0.39, 0.29) is 11.7 Å². The fourth-order valence-electron chi connectivity index (χ4n) is 2.88. The van der Waals surface area contributed by atoms with Crippen LogP contribution in [0, 0.1) is 18.8 Å². The van der Waals surface area contributed by atoms with Gasteiger partial charge in [0.05, 0.1) is 0 Å². The Morgan fingerprint density at radius 3 is 2.70 bits per heavy atom. The maximum absolute atomic E-state index is 11.4. The number of hydrogen-bond acceptors (Lipinski definition) is 4. The molecule has 1 saturated heterocycles. The predicted octanol–water partition coefficient (Wildman–Crippen LogP) is 2.06. The van der Waals surface area contributed by atoms with Crippen molar-refractivity contribution in [2.24, 2.45) is 17.7 Å². The van der Waals surface area contributed by atoms with Crippen LogP contribution in [-0.2, 0) is 6.54 Å². The number of carbonyl (C=O) groups excluding carboxylic acids is 1. The van der Waals surface area contributed by atoms with Crippen LogP contribution in [0.1, 0.15) is 48.6 Å². The molecule has 5 heteroatoms. The Hall–Kier alpha value is -1.33. The molecule has 2 heterocycles. The van der Waals surface area contributed by atoms with Gasteiger partial charge in [0.15, 0.2) is 5.76 Å². The summed E-state index contributed by atoms with van der Waals surface area (Å²) in [5.74, 6) is 7.45. The molecule has 0 saturated carbocycles. The van der Waals surface area contributed by atoms with Crippen LogP contribution in [0.4, 0.5) is 0 Å². The molecule has 0 spiro atoms. The summed E-state index contributed by atoms with van der Waals surface area (Å²) in [7, 11) is 0. The summed E-state index contributed by atoms with van der Waals surface area (Å²) in [4.78, 5) is 13.9. The van der Waals surface area contributed by atoms with Gasteiger partial charge in [-0.1, -0.05) is 13.8 Å². The molecule has 0 unspecified atom stereocenters. The van der Waals surface area contributed by atoms with Gasteiger partial charge in [-0.25, -0.2) is 5.84 Å². The largest absolute Gasteiger partial charge is 0.456 e. The fraction of sp³-hybridized carbons (Fsp3) is 0.667. The van der Waals surface area contributed by atoms with Crippen LogP contribution in [0.25, 0.3) is 0 Å². The van der Waals surface area contributed by atoms with E-state index in [1.807, 2.05) is 6.92 Å². The quantitative estimate of drug-likeness (QED) is 0.503. The smallest absolute Gasteiger partial charge is 0.300 e. The third kappa shape index (κ3) is 3.41. The van der Waals surface area contributed by atoms with Gasteiger partial charge in [0.25, 0.3) is 0 Å². The van der Waals surface area contributed by atoms with Gasteiger partial charge in [-0.05, 0) is 50.8 Å². The number of nitrogen functional groups attached to an aromatic ring is 1. The minimum Gasteiger partial charge on any atom is -0.456 e. The standard InChI is InChI=1S/C15H25N3O2/c1-10(2)12-4-6-18(7-5-12)9-13-8-14(15(19)17-16)20-11(13)3/h8,10,12H,4-7,9,16H2,1-3H3,(H,17,19). The van der Waals surface area contributed by atoms with Crippen LogP contribution >= 0.6 is 0 Å². The van der Waals surface area contributed by atoms with E-state index in [2.05, 4.69) is 24.2 Å². The van der Waals surface area contributed by atoms with E-state index < -0.39 is 0 Å². The molecular formula is C15H25N3O2. The summed E-state index contributed by atoms with van der Waals surface area (Å²) in [6.45, 7) is 9.58. The van der Waals surface area contributed by atoms with Crippen LogP contribution in [0.15, 0.2) is 10.5 Å². The van der Waals surface area contributed by atoms with E-state index in [4.69, 9.17) is 10.3 Å². The van der Waals surface area contributed by atoms with Gasteiger partial charge in [-0.3, -0.25) is 15.1 Å². The number of carbonyl (C=O) groups is 1. The van der Waals surface area contributed by atoms with Crippen molar-refractivity contribution in [2.75, 3.05) is 13.1 Å². The Bertz CT molecular complexity index is 460. The summed E-state index contributed by atoms with van der Waals surface area (Å²) in [5, 5.41) is 0. The SMILES string of the molecule is Cc1oc(C(=O)NN)cc1CN1CCC(C(C)C)CC1. The van der Waals surface area contributed by atoms with E-state index in [9.17, 15) is 4.79 Å². The third-order valence-electron chi connectivity index (χ3n) is 4.34. The van der Waals surface area contributed by atoms with E-state index >= 15 is 0 Å². The molecule has 1 aromatic rings. The number of nitrogens with two attached hydrogens (primary N) is 1. The maximum Gasteiger partial charge on any atom is 0.300 e. The van der Waals surface area contributed by atoms with Gasteiger partial charge in [0, 0.05) is 12.1 Å². The van der Waals surface area contributed by atoms with E-state index in [0.717, 1.165) is 42.8 Å². The zero-order valence-corrected chi connectivity index (χ0v) is 12.6. The number of nitrogens with zero attached hydrogens (tertiary/aromatic N) is 1. The highest BCUT2D eigenvalue weighted by atomic mass is 16.4. The van der Waals surface area contributed by atoms with Gasteiger partial charge < -0.3 is 4.42 Å². The second-order valence-corrected chi connectivity index (χ2v) is 6.02. The van der Waals surface area contributed by atoms with E-state index in [1.54, 1.807) is 6.07 Å². The number of nitrogens with one attached hydrogen (secondary N) is 1. The number of aryl methyl sites for hydroxylation is 1. The van der Waals surface area contributed by atoms with Crippen LogP contribution < -0.4 is 11.3 Å². The Morgan fingerprint density at radius 2 is 2.15 bits per heavy atom. The molecule has 0 bridgehead atoms. The number of likely N-dealkylation sites (tertiary alicyclic amines) is 1. The molecule has 3 N–H and O–H groups in total. The first-order valence-corrected chi connectivity index (χ1v) is 7.34. The molecule has 1 aromatic heterocycles. The molecule has 5 nitrogen and oxygen atoms in total. The van der Waals surface area contributed by atoms with E-state index in [0.29, 0.717) is 0 Å². The second kappa shape index (κ2) is 6.41. The molecule has 0 radical (unpaired) electrons. The first-order chi connectivity index (χ1) is 9.51. The second-order valence-electron chi connectivity index (χ2n) is 6.02. The number of piperidine rings is 1. The summed E-state index contributed by atoms with van der Waals surface area (Å²) in [6.07, 6.45) is 2.51. The minimum atomic E-state index is -0.377. The zero-order chi connectivity index (χ0) is 14.7. The van der Waals surface area contributed by atoms with Crippen molar-refractivity contribution < 1.29 is 9.21 Å². The normalized spacial score (nSPS) is 17.6. The van der Waals surface area contributed by atoms with Crippen molar-refractivity contribution in [1.29, 1.82) is 0 Å². The van der Waals surface area contributed by atoms with Gasteiger partial charge in [0.2, 0.25) is 0 Å². The highest BCUT2D eigenvalue weighted by Gasteiger charge is 2.23. The molecule has 1 fully saturated rings. The lowest BCUT2D eigenvalue weighted by Gasteiger charge is -2.33. The number of amides is 1. The highest BCUT2D eigenvalue weighted by molar-refractivity contribution is 5.91. The first-order valence-electron chi connectivity index (χ1n) is 7.34. The van der Waals surface area contributed by atoms with Gasteiger partial charge in [0.1, 0.15) is 5.76 Å². The average molecular weight is 279 g/mol. The van der Waals surface area contributed by atoms with Crippen molar-refractivity contribution in [2.45, 2.75) is 40.2 Å². The topological polar surface area (TPSA) is 71.5 Å². The molecule has 20 heavy (non-hydrogen) atoms. The predicted molar refractivity (Wildman–Crippen MR) is 77.9 cm³/mol. The third-order valence-corrected chi connectivity index (χ3v) is 4.34. The molecule has 2 rings (SSSR count). The van der Waals surface area contributed by atoms with Crippen molar-refractivity contribution in [3.63, 3.8) is 0 Å². The molecular weight excluding hydrogens is 254 g/mol. The number of rotatable bonds is 4. The van der Waals surface area contributed by atoms with Crippen LogP contribution in [0.3, 0.4) is 0 Å². The summed E-state index contributed by atoms with van der Waals surface area (Å²) >= 11 is 0. The average Bonchev–Trinajstić information content (AvgIpc) is 2.80. The van der Waals surface area contributed by atoms with Gasteiger partial charge in [-0.2, -0.15) is 0 Å². The lowest BCUT2D eigenvalue weighted by molar-refractivity contribution is 0.0924. The van der Waals surface area contributed by atoms with Crippen LogP contribution in [0.2, 0.25) is 0 Å².